The third-order valence-electron chi connectivity index (χ3n) is 4.81. The van der Waals surface area contributed by atoms with Gasteiger partial charge in [0.05, 0.1) is 15.9 Å². The molecular weight excluding hydrogens is 326 g/mol. The van der Waals surface area contributed by atoms with Gasteiger partial charge in [0.1, 0.15) is 0 Å². The summed E-state index contributed by atoms with van der Waals surface area (Å²) in [5.41, 5.74) is 2.52. The average molecular weight is 356 g/mol. The first-order valence-electron chi connectivity index (χ1n) is 8.59. The van der Waals surface area contributed by atoms with E-state index in [9.17, 15) is 0 Å². The van der Waals surface area contributed by atoms with Gasteiger partial charge >= 0.3 is 0 Å². The first-order chi connectivity index (χ1) is 10.2. The fraction of sp³-hybridized carbons (Fsp3) is 0.824. The van der Waals surface area contributed by atoms with E-state index in [1.165, 1.54) is 42.3 Å². The third-order valence-corrected chi connectivity index (χ3v) is 5.84. The molecule has 3 nitrogen and oxygen atoms in total. The van der Waals surface area contributed by atoms with E-state index in [4.69, 9.17) is 0 Å². The molecule has 1 fully saturated rings. The van der Waals surface area contributed by atoms with Gasteiger partial charge in [0.25, 0.3) is 0 Å². The van der Waals surface area contributed by atoms with Crippen molar-refractivity contribution in [2.45, 2.75) is 65.8 Å². The molecule has 2 rings (SSSR count). The minimum atomic E-state index is 0.747. The van der Waals surface area contributed by atoms with Gasteiger partial charge in [-0.05, 0) is 67.5 Å². The summed E-state index contributed by atoms with van der Waals surface area (Å²) in [6.45, 7) is 9.77. The Kier molecular flexibility index (Phi) is 6.74. The number of hydrogen-bond acceptors (Lipinski definition) is 2. The molecule has 21 heavy (non-hydrogen) atoms. The van der Waals surface area contributed by atoms with E-state index in [1.54, 1.807) is 0 Å². The molecule has 1 heterocycles. The largest absolute Gasteiger partial charge is 0.316 e. The number of nitrogens with zero attached hydrogens (tertiary/aromatic N) is 2. The maximum Gasteiger partial charge on any atom is 0.0738 e. The molecule has 1 N–H and O–H groups in total. The van der Waals surface area contributed by atoms with Crippen molar-refractivity contribution in [1.82, 2.24) is 15.1 Å². The van der Waals surface area contributed by atoms with Crippen molar-refractivity contribution in [2.24, 2.45) is 11.8 Å². The standard InChI is InChI=1S/C17H30BrN3/c1-4-10-19-12-15(14-8-6-7-9-14)11-16-17(18)13(3)20-21(16)5-2/h14-15,19H,4-12H2,1-3H3. The molecule has 4 heteroatoms. The Morgan fingerprint density at radius 3 is 2.67 bits per heavy atom. The first-order valence-corrected chi connectivity index (χ1v) is 9.39. The van der Waals surface area contributed by atoms with E-state index in [1.807, 2.05) is 0 Å². The molecule has 0 aromatic carbocycles. The Bertz CT molecular complexity index is 435. The van der Waals surface area contributed by atoms with Crippen LogP contribution in [0.2, 0.25) is 0 Å². The first kappa shape index (κ1) is 17.0. The van der Waals surface area contributed by atoms with Gasteiger partial charge in [0.15, 0.2) is 0 Å². The van der Waals surface area contributed by atoms with Crippen LogP contribution in [0.1, 0.15) is 57.3 Å². The summed E-state index contributed by atoms with van der Waals surface area (Å²) >= 11 is 3.76. The molecule has 1 saturated carbocycles. The highest BCUT2D eigenvalue weighted by Crippen LogP contribution is 2.34. The molecule has 0 aliphatic heterocycles. The molecule has 1 atom stereocenters. The zero-order valence-electron chi connectivity index (χ0n) is 13.8. The quantitative estimate of drug-likeness (QED) is 0.703. The van der Waals surface area contributed by atoms with Crippen LogP contribution >= 0.6 is 15.9 Å². The molecule has 0 radical (unpaired) electrons. The van der Waals surface area contributed by atoms with Crippen LogP contribution < -0.4 is 5.32 Å². The maximum atomic E-state index is 4.65. The Balaban J connectivity index is 2.09. The number of aryl methyl sites for hydroxylation is 2. The molecule has 0 spiro atoms. The molecule has 1 aliphatic rings. The number of rotatable bonds is 8. The predicted molar refractivity (Wildman–Crippen MR) is 92.7 cm³/mol. The molecule has 1 unspecified atom stereocenters. The number of hydrogen-bond donors (Lipinski definition) is 1. The third kappa shape index (κ3) is 4.32. The van der Waals surface area contributed by atoms with Crippen LogP contribution in [0.3, 0.4) is 0 Å². The molecule has 1 aliphatic carbocycles. The van der Waals surface area contributed by atoms with Gasteiger partial charge in [-0.15, -0.1) is 0 Å². The van der Waals surface area contributed by atoms with Crippen LogP contribution in [-0.4, -0.2) is 22.9 Å². The lowest BCUT2D eigenvalue weighted by Gasteiger charge is -2.24. The summed E-state index contributed by atoms with van der Waals surface area (Å²) < 4.78 is 3.41. The summed E-state index contributed by atoms with van der Waals surface area (Å²) in [4.78, 5) is 0. The van der Waals surface area contributed by atoms with Crippen molar-refractivity contribution in [3.8, 4) is 0 Å². The monoisotopic (exact) mass is 355 g/mol. The van der Waals surface area contributed by atoms with Crippen LogP contribution in [0, 0.1) is 18.8 Å². The lowest BCUT2D eigenvalue weighted by Crippen LogP contribution is -2.30. The SMILES string of the molecule is CCCNCC(Cc1c(Br)c(C)nn1CC)C1CCCC1. The van der Waals surface area contributed by atoms with E-state index in [0.717, 1.165) is 43.6 Å². The smallest absolute Gasteiger partial charge is 0.0738 e. The summed E-state index contributed by atoms with van der Waals surface area (Å²) in [6, 6.07) is 0. The minimum absolute atomic E-state index is 0.747. The van der Waals surface area contributed by atoms with Gasteiger partial charge in [-0.1, -0.05) is 32.6 Å². The van der Waals surface area contributed by atoms with Gasteiger partial charge in [-0.25, -0.2) is 0 Å². The van der Waals surface area contributed by atoms with Crippen molar-refractivity contribution < 1.29 is 0 Å². The molecule has 1 aromatic heterocycles. The van der Waals surface area contributed by atoms with Gasteiger partial charge in [-0.3, -0.25) is 4.68 Å². The second-order valence-corrected chi connectivity index (χ2v) is 7.17. The number of aromatic nitrogens is 2. The van der Waals surface area contributed by atoms with Crippen LogP contribution in [0.4, 0.5) is 0 Å². The van der Waals surface area contributed by atoms with Crippen molar-refractivity contribution in [3.05, 3.63) is 15.9 Å². The van der Waals surface area contributed by atoms with Crippen LogP contribution in [0.25, 0.3) is 0 Å². The Morgan fingerprint density at radius 2 is 2.05 bits per heavy atom. The van der Waals surface area contributed by atoms with E-state index >= 15 is 0 Å². The highest BCUT2D eigenvalue weighted by atomic mass is 79.9. The zero-order valence-corrected chi connectivity index (χ0v) is 15.4. The number of nitrogens with one attached hydrogen (secondary N) is 1. The maximum absolute atomic E-state index is 4.65. The second-order valence-electron chi connectivity index (χ2n) is 6.37. The summed E-state index contributed by atoms with van der Waals surface area (Å²) in [6.07, 6.45) is 8.03. The Morgan fingerprint density at radius 1 is 1.33 bits per heavy atom. The van der Waals surface area contributed by atoms with E-state index in [-0.39, 0.29) is 0 Å². The van der Waals surface area contributed by atoms with Crippen molar-refractivity contribution in [1.29, 1.82) is 0 Å². The Hall–Kier alpha value is -0.350. The molecular formula is C17H30BrN3. The lowest BCUT2D eigenvalue weighted by atomic mass is 9.86. The molecule has 120 valence electrons. The molecule has 1 aromatic rings. The van der Waals surface area contributed by atoms with Gasteiger partial charge in [0.2, 0.25) is 0 Å². The summed E-state index contributed by atoms with van der Waals surface area (Å²) in [5, 5.41) is 8.31. The summed E-state index contributed by atoms with van der Waals surface area (Å²) in [7, 11) is 0. The normalized spacial score (nSPS) is 17.5. The van der Waals surface area contributed by atoms with Crippen molar-refractivity contribution in [3.63, 3.8) is 0 Å². The molecule has 0 amide bonds. The molecule has 0 saturated heterocycles. The highest BCUT2D eigenvalue weighted by molar-refractivity contribution is 9.10. The molecule has 0 bridgehead atoms. The summed E-state index contributed by atoms with van der Waals surface area (Å²) in [5.74, 6) is 1.64. The fourth-order valence-corrected chi connectivity index (χ4v) is 4.06. The highest BCUT2D eigenvalue weighted by Gasteiger charge is 2.27. The van der Waals surface area contributed by atoms with Crippen LogP contribution in [-0.2, 0) is 13.0 Å². The van der Waals surface area contributed by atoms with E-state index in [0.29, 0.717) is 0 Å². The van der Waals surface area contributed by atoms with E-state index < -0.39 is 0 Å². The van der Waals surface area contributed by atoms with Crippen LogP contribution in [0.15, 0.2) is 4.47 Å². The van der Waals surface area contributed by atoms with Gasteiger partial charge in [-0.2, -0.15) is 5.10 Å². The zero-order chi connectivity index (χ0) is 15.2. The van der Waals surface area contributed by atoms with E-state index in [2.05, 4.69) is 51.8 Å². The predicted octanol–water partition coefficient (Wildman–Crippen LogP) is 4.32. The van der Waals surface area contributed by atoms with Crippen molar-refractivity contribution >= 4 is 15.9 Å². The minimum Gasteiger partial charge on any atom is -0.316 e. The number of halogens is 1. The van der Waals surface area contributed by atoms with Crippen LogP contribution in [0.5, 0.6) is 0 Å². The van der Waals surface area contributed by atoms with Crippen molar-refractivity contribution in [2.75, 3.05) is 13.1 Å². The topological polar surface area (TPSA) is 29.9 Å². The Labute approximate surface area is 138 Å². The second kappa shape index (κ2) is 8.33. The fourth-order valence-electron chi connectivity index (χ4n) is 3.61. The van der Waals surface area contributed by atoms with Gasteiger partial charge < -0.3 is 5.32 Å². The lowest BCUT2D eigenvalue weighted by molar-refractivity contribution is 0.314. The van der Waals surface area contributed by atoms with Gasteiger partial charge in [0, 0.05) is 6.54 Å². The average Bonchev–Trinajstić information content (AvgIpc) is 3.09.